The van der Waals surface area contributed by atoms with Crippen LogP contribution in [0.2, 0.25) is 5.02 Å². The van der Waals surface area contributed by atoms with Gasteiger partial charge in [-0.15, -0.1) is 0 Å². The Morgan fingerprint density at radius 2 is 1.61 bits per heavy atom. The summed E-state index contributed by atoms with van der Waals surface area (Å²) in [5.41, 5.74) is 2.01. The molecular weight excluding hydrogens is 310 g/mol. The van der Waals surface area contributed by atoms with E-state index < -0.39 is 6.10 Å². The molecule has 0 aliphatic heterocycles. The number of amides is 1. The molecule has 0 heterocycles. The lowest BCUT2D eigenvalue weighted by Gasteiger charge is -2.20. The first kappa shape index (κ1) is 17.4. The van der Waals surface area contributed by atoms with Crippen LogP contribution in [-0.2, 0) is 10.2 Å². The van der Waals surface area contributed by atoms with Crippen LogP contribution in [0.15, 0.2) is 48.5 Å². The zero-order valence-corrected chi connectivity index (χ0v) is 14.6. The number of ether oxygens (including phenoxy) is 1. The standard InChI is InChI=1S/C19H22ClNO2/c1-13(18(22)21-16-9-7-15(20)8-10-16)23-17-11-5-14(6-12-17)19(2,3)4/h5-13H,1-4H3,(H,21,22)/t13-/m0/s1. The largest absolute Gasteiger partial charge is 0.481 e. The minimum absolute atomic E-state index is 0.0934. The van der Waals surface area contributed by atoms with Crippen LogP contribution < -0.4 is 10.1 Å². The highest BCUT2D eigenvalue weighted by Gasteiger charge is 2.16. The van der Waals surface area contributed by atoms with E-state index in [4.69, 9.17) is 16.3 Å². The van der Waals surface area contributed by atoms with E-state index in [0.29, 0.717) is 16.5 Å². The fourth-order valence-corrected chi connectivity index (χ4v) is 2.19. The third-order valence-electron chi connectivity index (χ3n) is 3.51. The van der Waals surface area contributed by atoms with Crippen LogP contribution in [0, 0.1) is 0 Å². The summed E-state index contributed by atoms with van der Waals surface area (Å²) in [7, 11) is 0. The molecule has 2 aromatic rings. The summed E-state index contributed by atoms with van der Waals surface area (Å²) in [5.74, 6) is 0.476. The van der Waals surface area contributed by atoms with Gasteiger partial charge in [-0.2, -0.15) is 0 Å². The highest BCUT2D eigenvalue weighted by atomic mass is 35.5. The molecule has 1 amide bonds. The van der Waals surface area contributed by atoms with E-state index >= 15 is 0 Å². The van der Waals surface area contributed by atoms with Gasteiger partial charge in [0.15, 0.2) is 6.10 Å². The summed E-state index contributed by atoms with van der Waals surface area (Å²) < 4.78 is 5.70. The molecule has 23 heavy (non-hydrogen) atoms. The van der Waals surface area contributed by atoms with Gasteiger partial charge in [0.1, 0.15) is 5.75 Å². The first-order chi connectivity index (χ1) is 10.8. The van der Waals surface area contributed by atoms with Crippen molar-refractivity contribution in [2.45, 2.75) is 39.2 Å². The topological polar surface area (TPSA) is 38.3 Å². The number of rotatable bonds is 4. The van der Waals surface area contributed by atoms with Crippen molar-refractivity contribution in [3.63, 3.8) is 0 Å². The van der Waals surface area contributed by atoms with Gasteiger partial charge in [-0.25, -0.2) is 0 Å². The quantitative estimate of drug-likeness (QED) is 0.852. The molecule has 0 fully saturated rings. The molecule has 0 aliphatic rings. The number of nitrogens with one attached hydrogen (secondary N) is 1. The molecule has 0 aliphatic carbocycles. The Morgan fingerprint density at radius 3 is 2.13 bits per heavy atom. The lowest BCUT2D eigenvalue weighted by molar-refractivity contribution is -0.122. The number of hydrogen-bond acceptors (Lipinski definition) is 2. The first-order valence-corrected chi connectivity index (χ1v) is 7.97. The molecular formula is C19H22ClNO2. The predicted octanol–water partition coefficient (Wildman–Crippen LogP) is 5.04. The Labute approximate surface area is 142 Å². The van der Waals surface area contributed by atoms with Gasteiger partial charge in [-0.1, -0.05) is 44.5 Å². The van der Waals surface area contributed by atoms with Crippen LogP contribution in [-0.4, -0.2) is 12.0 Å². The summed E-state index contributed by atoms with van der Waals surface area (Å²) in [5, 5.41) is 3.43. The lowest BCUT2D eigenvalue weighted by Crippen LogP contribution is -2.30. The minimum atomic E-state index is -0.592. The Morgan fingerprint density at radius 1 is 1.04 bits per heavy atom. The lowest BCUT2D eigenvalue weighted by atomic mass is 9.87. The molecule has 0 bridgehead atoms. The Bertz CT molecular complexity index is 657. The molecule has 2 rings (SSSR count). The molecule has 0 spiro atoms. The van der Waals surface area contributed by atoms with Crippen LogP contribution in [0.5, 0.6) is 5.75 Å². The molecule has 2 aromatic carbocycles. The molecule has 0 radical (unpaired) electrons. The maximum atomic E-state index is 12.2. The maximum absolute atomic E-state index is 12.2. The Hall–Kier alpha value is -2.00. The molecule has 3 nitrogen and oxygen atoms in total. The van der Waals surface area contributed by atoms with Crippen LogP contribution in [0.25, 0.3) is 0 Å². The summed E-state index contributed by atoms with van der Waals surface area (Å²) >= 11 is 5.83. The zero-order chi connectivity index (χ0) is 17.0. The molecule has 0 aromatic heterocycles. The number of anilines is 1. The van der Waals surface area contributed by atoms with Gasteiger partial charge in [0.25, 0.3) is 5.91 Å². The van der Waals surface area contributed by atoms with E-state index in [1.165, 1.54) is 5.56 Å². The number of carbonyl (C=O) groups is 1. The van der Waals surface area contributed by atoms with Crippen molar-refractivity contribution in [1.82, 2.24) is 0 Å². The highest BCUT2D eigenvalue weighted by Crippen LogP contribution is 2.24. The average molecular weight is 332 g/mol. The van der Waals surface area contributed by atoms with Gasteiger partial charge in [0.05, 0.1) is 0 Å². The van der Waals surface area contributed by atoms with E-state index in [0.717, 1.165) is 0 Å². The molecule has 0 saturated carbocycles. The highest BCUT2D eigenvalue weighted by molar-refractivity contribution is 6.30. The monoisotopic (exact) mass is 331 g/mol. The van der Waals surface area contributed by atoms with Crippen molar-refractivity contribution in [1.29, 1.82) is 0 Å². The summed E-state index contributed by atoms with van der Waals surface area (Å²) in [6.07, 6.45) is -0.592. The molecule has 4 heteroatoms. The van der Waals surface area contributed by atoms with Gasteiger partial charge in [-0.3, -0.25) is 4.79 Å². The Kier molecular flexibility index (Phi) is 5.32. The fourth-order valence-electron chi connectivity index (χ4n) is 2.07. The normalized spacial score (nSPS) is 12.6. The van der Waals surface area contributed by atoms with E-state index in [-0.39, 0.29) is 11.3 Å². The van der Waals surface area contributed by atoms with E-state index in [1.54, 1.807) is 31.2 Å². The van der Waals surface area contributed by atoms with Crippen LogP contribution in [0.4, 0.5) is 5.69 Å². The van der Waals surface area contributed by atoms with Crippen molar-refractivity contribution in [3.05, 3.63) is 59.1 Å². The maximum Gasteiger partial charge on any atom is 0.265 e. The van der Waals surface area contributed by atoms with Crippen LogP contribution >= 0.6 is 11.6 Å². The number of carbonyl (C=O) groups excluding carboxylic acids is 1. The van der Waals surface area contributed by atoms with Crippen molar-refractivity contribution in [2.75, 3.05) is 5.32 Å². The van der Waals surface area contributed by atoms with Crippen LogP contribution in [0.1, 0.15) is 33.3 Å². The summed E-state index contributed by atoms with van der Waals surface area (Å²) in [6, 6.07) is 14.8. The van der Waals surface area contributed by atoms with Crippen LogP contribution in [0.3, 0.4) is 0 Å². The molecule has 0 saturated heterocycles. The van der Waals surface area contributed by atoms with Crippen molar-refractivity contribution >= 4 is 23.2 Å². The minimum Gasteiger partial charge on any atom is -0.481 e. The molecule has 122 valence electrons. The fraction of sp³-hybridized carbons (Fsp3) is 0.316. The van der Waals surface area contributed by atoms with Crippen molar-refractivity contribution < 1.29 is 9.53 Å². The van der Waals surface area contributed by atoms with Crippen molar-refractivity contribution in [3.8, 4) is 5.75 Å². The zero-order valence-electron chi connectivity index (χ0n) is 13.9. The molecule has 0 unspecified atom stereocenters. The van der Waals surface area contributed by atoms with E-state index in [9.17, 15) is 4.79 Å². The van der Waals surface area contributed by atoms with Crippen molar-refractivity contribution in [2.24, 2.45) is 0 Å². The summed E-state index contributed by atoms with van der Waals surface area (Å²) in [6.45, 7) is 8.20. The second kappa shape index (κ2) is 7.05. The van der Waals surface area contributed by atoms with Gasteiger partial charge in [0.2, 0.25) is 0 Å². The SMILES string of the molecule is C[C@H](Oc1ccc(C(C)(C)C)cc1)C(=O)Nc1ccc(Cl)cc1. The Balaban J connectivity index is 1.96. The van der Waals surface area contributed by atoms with Gasteiger partial charge >= 0.3 is 0 Å². The van der Waals surface area contributed by atoms with E-state index in [1.807, 2.05) is 24.3 Å². The number of benzene rings is 2. The predicted molar refractivity (Wildman–Crippen MR) is 95.3 cm³/mol. The third-order valence-corrected chi connectivity index (χ3v) is 3.77. The smallest absolute Gasteiger partial charge is 0.265 e. The number of halogens is 1. The second-order valence-electron chi connectivity index (χ2n) is 6.53. The number of hydrogen-bond donors (Lipinski definition) is 1. The second-order valence-corrected chi connectivity index (χ2v) is 6.97. The third kappa shape index (κ3) is 5.00. The van der Waals surface area contributed by atoms with Gasteiger partial charge in [-0.05, 0) is 54.3 Å². The first-order valence-electron chi connectivity index (χ1n) is 7.59. The average Bonchev–Trinajstić information content (AvgIpc) is 2.49. The van der Waals surface area contributed by atoms with Gasteiger partial charge < -0.3 is 10.1 Å². The molecule has 1 N–H and O–H groups in total. The summed E-state index contributed by atoms with van der Waals surface area (Å²) in [4.78, 5) is 12.2. The van der Waals surface area contributed by atoms with E-state index in [2.05, 4.69) is 26.1 Å². The molecule has 1 atom stereocenters. The van der Waals surface area contributed by atoms with Gasteiger partial charge in [0, 0.05) is 10.7 Å².